The van der Waals surface area contributed by atoms with Gasteiger partial charge in [0.15, 0.2) is 17.5 Å². The van der Waals surface area contributed by atoms with Gasteiger partial charge in [-0.3, -0.25) is 9.69 Å². The Morgan fingerprint density at radius 2 is 1.76 bits per heavy atom. The van der Waals surface area contributed by atoms with Crippen LogP contribution in [-0.2, 0) is 4.79 Å². The Morgan fingerprint density at radius 1 is 1.07 bits per heavy atom. The van der Waals surface area contributed by atoms with Crippen molar-refractivity contribution in [3.8, 4) is 5.75 Å². The molecular weight excluding hydrogens is 383 g/mol. The lowest BCUT2D eigenvalue weighted by atomic mass is 10.1. The zero-order valence-corrected chi connectivity index (χ0v) is 16.4. The second-order valence-electron chi connectivity index (χ2n) is 6.81. The standard InChI is InChI=1S/C21H24F3N3O2/c1-3-29-18-7-5-4-6-17(18)27-12-10-26(11-13-27)14(2)21(28)25-16-9-8-15(22)19(23)20(16)24/h4-9,14H,3,10-13H2,1-2H3,(H,25,28)/t14-/m0/s1. The van der Waals surface area contributed by atoms with E-state index in [9.17, 15) is 18.0 Å². The smallest absolute Gasteiger partial charge is 0.241 e. The molecule has 2 aromatic carbocycles. The molecule has 1 saturated heterocycles. The largest absolute Gasteiger partial charge is 0.492 e. The second kappa shape index (κ2) is 9.17. The van der Waals surface area contributed by atoms with Crippen molar-refractivity contribution in [3.05, 3.63) is 53.8 Å². The van der Waals surface area contributed by atoms with Gasteiger partial charge >= 0.3 is 0 Å². The van der Waals surface area contributed by atoms with Crippen LogP contribution < -0.4 is 15.0 Å². The van der Waals surface area contributed by atoms with Gasteiger partial charge < -0.3 is 15.0 Å². The van der Waals surface area contributed by atoms with Gasteiger partial charge in [0.25, 0.3) is 0 Å². The molecule has 0 bridgehead atoms. The third-order valence-corrected chi connectivity index (χ3v) is 5.04. The molecule has 0 unspecified atom stereocenters. The predicted molar refractivity (Wildman–Crippen MR) is 106 cm³/mol. The summed E-state index contributed by atoms with van der Waals surface area (Å²) in [6, 6.07) is 9.06. The third-order valence-electron chi connectivity index (χ3n) is 5.04. The summed E-state index contributed by atoms with van der Waals surface area (Å²) in [6.07, 6.45) is 0. The van der Waals surface area contributed by atoms with Crippen LogP contribution in [0.5, 0.6) is 5.75 Å². The molecule has 1 heterocycles. The number of amides is 1. The van der Waals surface area contributed by atoms with Gasteiger partial charge in [-0.25, -0.2) is 13.2 Å². The Morgan fingerprint density at radius 3 is 2.45 bits per heavy atom. The summed E-state index contributed by atoms with van der Waals surface area (Å²) in [5.74, 6) is -3.95. The van der Waals surface area contributed by atoms with Crippen LogP contribution in [0.3, 0.4) is 0 Å². The molecule has 1 N–H and O–H groups in total. The Hall–Kier alpha value is -2.74. The summed E-state index contributed by atoms with van der Waals surface area (Å²) in [7, 11) is 0. The SMILES string of the molecule is CCOc1ccccc1N1CCN([C@@H](C)C(=O)Nc2ccc(F)c(F)c2F)CC1. The number of nitrogens with one attached hydrogen (secondary N) is 1. The summed E-state index contributed by atoms with van der Waals surface area (Å²) in [5, 5.41) is 2.35. The highest BCUT2D eigenvalue weighted by molar-refractivity contribution is 5.94. The summed E-state index contributed by atoms with van der Waals surface area (Å²) in [6.45, 7) is 6.85. The highest BCUT2D eigenvalue weighted by Crippen LogP contribution is 2.29. The van der Waals surface area contributed by atoms with Crippen LogP contribution in [0.25, 0.3) is 0 Å². The molecule has 2 aromatic rings. The van der Waals surface area contributed by atoms with Crippen LogP contribution >= 0.6 is 0 Å². The molecule has 3 rings (SSSR count). The minimum Gasteiger partial charge on any atom is -0.492 e. The van der Waals surface area contributed by atoms with Crippen molar-refractivity contribution >= 4 is 17.3 Å². The van der Waals surface area contributed by atoms with Crippen LogP contribution in [0.1, 0.15) is 13.8 Å². The fraction of sp³-hybridized carbons (Fsp3) is 0.381. The molecule has 0 spiro atoms. The van der Waals surface area contributed by atoms with E-state index in [0.29, 0.717) is 32.8 Å². The molecule has 1 fully saturated rings. The number of benzene rings is 2. The quantitative estimate of drug-likeness (QED) is 0.743. The number of para-hydroxylation sites is 2. The number of carbonyl (C=O) groups is 1. The van der Waals surface area contributed by atoms with E-state index in [1.54, 1.807) is 6.92 Å². The van der Waals surface area contributed by atoms with E-state index in [0.717, 1.165) is 23.6 Å². The molecule has 0 radical (unpaired) electrons. The highest BCUT2D eigenvalue weighted by Gasteiger charge is 2.27. The van der Waals surface area contributed by atoms with Crippen LogP contribution in [0.2, 0.25) is 0 Å². The first-order chi connectivity index (χ1) is 13.9. The van der Waals surface area contributed by atoms with Crippen LogP contribution in [0.15, 0.2) is 36.4 Å². The topological polar surface area (TPSA) is 44.8 Å². The fourth-order valence-corrected chi connectivity index (χ4v) is 3.37. The van der Waals surface area contributed by atoms with Crippen molar-refractivity contribution < 1.29 is 22.7 Å². The number of rotatable bonds is 6. The maximum absolute atomic E-state index is 13.8. The number of hydrogen-bond acceptors (Lipinski definition) is 4. The molecule has 1 atom stereocenters. The lowest BCUT2D eigenvalue weighted by Crippen LogP contribution is -2.53. The molecule has 0 aliphatic carbocycles. The van der Waals surface area contributed by atoms with Crippen molar-refractivity contribution in [2.24, 2.45) is 0 Å². The molecule has 1 amide bonds. The Balaban J connectivity index is 1.61. The van der Waals surface area contributed by atoms with Crippen molar-refractivity contribution in [2.45, 2.75) is 19.9 Å². The maximum Gasteiger partial charge on any atom is 0.241 e. The summed E-state index contributed by atoms with van der Waals surface area (Å²) in [4.78, 5) is 16.6. The molecule has 5 nitrogen and oxygen atoms in total. The van der Waals surface area contributed by atoms with Crippen LogP contribution in [0.4, 0.5) is 24.5 Å². The van der Waals surface area contributed by atoms with Gasteiger partial charge in [-0.15, -0.1) is 0 Å². The minimum absolute atomic E-state index is 0.370. The fourth-order valence-electron chi connectivity index (χ4n) is 3.37. The van der Waals surface area contributed by atoms with Gasteiger partial charge in [0.1, 0.15) is 5.75 Å². The molecule has 0 aromatic heterocycles. The van der Waals surface area contributed by atoms with Gasteiger partial charge in [0, 0.05) is 26.2 Å². The Kier molecular flexibility index (Phi) is 6.64. The van der Waals surface area contributed by atoms with Crippen LogP contribution in [0, 0.1) is 17.5 Å². The van der Waals surface area contributed by atoms with Gasteiger partial charge in [0.2, 0.25) is 5.91 Å². The number of ether oxygens (including phenoxy) is 1. The first kappa shape index (κ1) is 21.0. The zero-order chi connectivity index (χ0) is 21.0. The molecular formula is C21H24F3N3O2. The van der Waals surface area contributed by atoms with Crippen molar-refractivity contribution in [2.75, 3.05) is 43.0 Å². The van der Waals surface area contributed by atoms with E-state index in [1.165, 1.54) is 0 Å². The first-order valence-corrected chi connectivity index (χ1v) is 9.57. The third kappa shape index (κ3) is 4.64. The van der Waals surface area contributed by atoms with E-state index < -0.39 is 29.4 Å². The molecule has 156 valence electrons. The predicted octanol–water partition coefficient (Wildman–Crippen LogP) is 3.65. The Labute approximate surface area is 168 Å². The minimum atomic E-state index is -1.60. The number of nitrogens with zero attached hydrogens (tertiary/aromatic N) is 2. The number of halogens is 3. The number of carbonyl (C=O) groups excluding carboxylic acids is 1. The van der Waals surface area contributed by atoms with E-state index >= 15 is 0 Å². The van der Waals surface area contributed by atoms with Crippen LogP contribution in [-0.4, -0.2) is 49.6 Å². The summed E-state index contributed by atoms with van der Waals surface area (Å²) in [5.41, 5.74) is 0.639. The zero-order valence-electron chi connectivity index (χ0n) is 16.4. The molecule has 1 aliphatic rings. The second-order valence-corrected chi connectivity index (χ2v) is 6.81. The molecule has 0 saturated carbocycles. The monoisotopic (exact) mass is 407 g/mol. The lowest BCUT2D eigenvalue weighted by Gasteiger charge is -2.39. The van der Waals surface area contributed by atoms with E-state index in [1.807, 2.05) is 36.1 Å². The average molecular weight is 407 g/mol. The number of hydrogen-bond donors (Lipinski definition) is 1. The Bertz CT molecular complexity index is 870. The first-order valence-electron chi connectivity index (χ1n) is 9.57. The average Bonchev–Trinajstić information content (AvgIpc) is 2.74. The number of piperazine rings is 1. The van der Waals surface area contributed by atoms with E-state index in [-0.39, 0.29) is 5.69 Å². The lowest BCUT2D eigenvalue weighted by molar-refractivity contribution is -0.120. The molecule has 1 aliphatic heterocycles. The van der Waals surface area contributed by atoms with Gasteiger partial charge in [-0.1, -0.05) is 12.1 Å². The normalized spacial score (nSPS) is 15.8. The maximum atomic E-state index is 13.8. The van der Waals surface area contributed by atoms with Gasteiger partial charge in [-0.05, 0) is 38.1 Å². The number of anilines is 2. The van der Waals surface area contributed by atoms with E-state index in [2.05, 4.69) is 10.2 Å². The summed E-state index contributed by atoms with van der Waals surface area (Å²) < 4.78 is 45.9. The van der Waals surface area contributed by atoms with Crippen molar-refractivity contribution in [3.63, 3.8) is 0 Å². The highest BCUT2D eigenvalue weighted by atomic mass is 19.2. The molecule has 8 heteroatoms. The van der Waals surface area contributed by atoms with Crippen molar-refractivity contribution in [1.29, 1.82) is 0 Å². The van der Waals surface area contributed by atoms with Gasteiger partial charge in [0.05, 0.1) is 24.0 Å². The molecule has 29 heavy (non-hydrogen) atoms. The van der Waals surface area contributed by atoms with E-state index in [4.69, 9.17) is 4.74 Å². The van der Waals surface area contributed by atoms with Gasteiger partial charge in [-0.2, -0.15) is 0 Å². The van der Waals surface area contributed by atoms with Crippen molar-refractivity contribution in [1.82, 2.24) is 4.90 Å². The summed E-state index contributed by atoms with van der Waals surface area (Å²) >= 11 is 0.